The summed E-state index contributed by atoms with van der Waals surface area (Å²) in [5.41, 5.74) is 7.32. The lowest BCUT2D eigenvalue weighted by atomic mass is 10.2. The molecule has 0 spiro atoms. The van der Waals surface area contributed by atoms with Crippen molar-refractivity contribution in [1.29, 1.82) is 0 Å². The molecule has 24 heavy (non-hydrogen) atoms. The Labute approximate surface area is 163 Å². The van der Waals surface area contributed by atoms with E-state index in [4.69, 9.17) is 10.5 Å². The van der Waals surface area contributed by atoms with Gasteiger partial charge in [0.1, 0.15) is 11.6 Å². The van der Waals surface area contributed by atoms with Crippen LogP contribution in [0, 0.1) is 5.82 Å². The highest BCUT2D eigenvalue weighted by Crippen LogP contribution is 2.40. The Bertz CT molecular complexity index is 944. The smallest absolute Gasteiger partial charge is 0.177 e. The lowest BCUT2D eigenvalue weighted by molar-refractivity contribution is 0.440. The summed E-state index contributed by atoms with van der Waals surface area (Å²) in [7, 11) is 3.09. The van der Waals surface area contributed by atoms with E-state index in [0.717, 1.165) is 16.5 Å². The van der Waals surface area contributed by atoms with Gasteiger partial charge in [0.25, 0.3) is 0 Å². The van der Waals surface area contributed by atoms with Crippen molar-refractivity contribution in [3.63, 3.8) is 0 Å². The zero-order valence-corrected chi connectivity index (χ0v) is 17.0. The van der Waals surface area contributed by atoms with Crippen LogP contribution < -0.4 is 10.5 Å². The molecule has 4 nitrogen and oxygen atoms in total. The van der Waals surface area contributed by atoms with Crippen LogP contribution in [0.4, 0.5) is 4.39 Å². The number of fused-ring (bicyclic) bond motifs is 1. The Morgan fingerprint density at radius 1 is 1.38 bits per heavy atom. The Balaban J connectivity index is 2.05. The fraction of sp³-hybridized carbons (Fsp3) is 0.0625. The third-order valence-electron chi connectivity index (χ3n) is 3.47. The number of ether oxygens (including phenoxy) is 1. The van der Waals surface area contributed by atoms with Gasteiger partial charge in [-0.25, -0.2) is 4.39 Å². The first kappa shape index (κ1) is 17.6. The standard InChI is InChI=1S/C16H12BrFIN3OS/c1-21-16(20)9-3-2-4-10(7-9)23-15-12(18)8-13-11(14(15)17)5-6-22(13)24-19/h2-8H,1H3,(H2,20,21). The Kier molecular flexibility index (Phi) is 5.36. The number of benzene rings is 2. The lowest BCUT2D eigenvalue weighted by Gasteiger charge is -2.11. The molecular weight excluding hydrogens is 508 g/mol. The highest BCUT2D eigenvalue weighted by atomic mass is 127. The van der Waals surface area contributed by atoms with Gasteiger partial charge in [0, 0.05) is 60.6 Å². The average molecular weight is 520 g/mol. The van der Waals surface area contributed by atoms with Crippen molar-refractivity contribution < 1.29 is 9.13 Å². The first-order valence-electron chi connectivity index (χ1n) is 6.84. The largest absolute Gasteiger partial charge is 0.453 e. The summed E-state index contributed by atoms with van der Waals surface area (Å²) in [4.78, 5) is 3.94. The number of aromatic nitrogens is 1. The predicted molar refractivity (Wildman–Crippen MR) is 110 cm³/mol. The van der Waals surface area contributed by atoms with Crippen molar-refractivity contribution >= 4 is 63.0 Å². The molecule has 0 bridgehead atoms. The van der Waals surface area contributed by atoms with Gasteiger partial charge in [-0.2, -0.15) is 0 Å². The van der Waals surface area contributed by atoms with E-state index in [2.05, 4.69) is 42.1 Å². The number of halogens is 3. The van der Waals surface area contributed by atoms with Crippen LogP contribution in [0.2, 0.25) is 0 Å². The van der Waals surface area contributed by atoms with Gasteiger partial charge in [0.2, 0.25) is 0 Å². The number of aliphatic imine (C=N–C) groups is 1. The summed E-state index contributed by atoms with van der Waals surface area (Å²) >= 11 is 5.60. The van der Waals surface area contributed by atoms with Gasteiger partial charge in [0.05, 0.1) is 9.99 Å². The van der Waals surface area contributed by atoms with E-state index in [1.807, 2.05) is 22.3 Å². The molecule has 0 saturated carbocycles. The fourth-order valence-corrected chi connectivity index (χ4v) is 4.25. The van der Waals surface area contributed by atoms with Crippen molar-refractivity contribution in [2.75, 3.05) is 7.05 Å². The number of nitrogens with zero attached hydrogens (tertiary/aromatic N) is 2. The van der Waals surface area contributed by atoms with Crippen LogP contribution in [0.1, 0.15) is 5.56 Å². The number of nitrogens with two attached hydrogens (primary N) is 1. The van der Waals surface area contributed by atoms with E-state index in [-0.39, 0.29) is 5.75 Å². The van der Waals surface area contributed by atoms with Crippen LogP contribution in [0.5, 0.6) is 11.5 Å². The van der Waals surface area contributed by atoms with E-state index >= 15 is 0 Å². The molecule has 2 N–H and O–H groups in total. The second kappa shape index (κ2) is 7.32. The number of hydrogen-bond donors (Lipinski definition) is 1. The number of rotatable bonds is 4. The molecule has 0 saturated heterocycles. The van der Waals surface area contributed by atoms with Crippen molar-refractivity contribution in [3.8, 4) is 11.5 Å². The van der Waals surface area contributed by atoms with Crippen LogP contribution in [0.25, 0.3) is 10.9 Å². The van der Waals surface area contributed by atoms with Crippen molar-refractivity contribution in [3.05, 3.63) is 58.4 Å². The molecule has 0 aliphatic heterocycles. The molecule has 3 rings (SSSR count). The summed E-state index contributed by atoms with van der Waals surface area (Å²) in [5.74, 6) is 0.581. The highest BCUT2D eigenvalue weighted by Gasteiger charge is 2.17. The first-order valence-corrected chi connectivity index (χ1v) is 10.9. The molecule has 0 amide bonds. The monoisotopic (exact) mass is 519 g/mol. The Morgan fingerprint density at radius 3 is 2.88 bits per heavy atom. The molecule has 2 aromatic carbocycles. The van der Waals surface area contributed by atoms with Crippen LogP contribution in [0.3, 0.4) is 0 Å². The van der Waals surface area contributed by atoms with Crippen molar-refractivity contribution in [2.45, 2.75) is 0 Å². The predicted octanol–water partition coefficient (Wildman–Crippen LogP) is 5.52. The summed E-state index contributed by atoms with van der Waals surface area (Å²) in [5, 5.41) is 0.876. The topological polar surface area (TPSA) is 52.5 Å². The average Bonchev–Trinajstić information content (AvgIpc) is 3.01. The molecule has 0 fully saturated rings. The van der Waals surface area contributed by atoms with Crippen LogP contribution in [0.15, 0.2) is 52.1 Å². The summed E-state index contributed by atoms with van der Waals surface area (Å²) in [6.45, 7) is 0. The van der Waals surface area contributed by atoms with Crippen LogP contribution >= 0.6 is 46.3 Å². The Hall–Kier alpha value is -1.26. The highest BCUT2D eigenvalue weighted by molar-refractivity contribution is 14.2. The maximum atomic E-state index is 14.6. The first-order chi connectivity index (χ1) is 11.5. The summed E-state index contributed by atoms with van der Waals surface area (Å²) < 4.78 is 22.8. The zero-order chi connectivity index (χ0) is 17.3. The zero-order valence-electron chi connectivity index (χ0n) is 12.5. The van der Waals surface area contributed by atoms with Crippen LogP contribution in [-0.2, 0) is 0 Å². The van der Waals surface area contributed by atoms with Gasteiger partial charge in [-0.1, -0.05) is 12.1 Å². The quantitative estimate of drug-likeness (QED) is 0.280. The van der Waals surface area contributed by atoms with Gasteiger partial charge in [-0.05, 0) is 34.1 Å². The molecule has 0 aliphatic rings. The van der Waals surface area contributed by atoms with Gasteiger partial charge in [-0.15, -0.1) is 0 Å². The van der Waals surface area contributed by atoms with Crippen molar-refractivity contribution in [2.24, 2.45) is 10.7 Å². The molecule has 0 aliphatic carbocycles. The molecule has 0 atom stereocenters. The minimum absolute atomic E-state index is 0.142. The Morgan fingerprint density at radius 2 is 2.17 bits per heavy atom. The summed E-state index contributed by atoms with van der Waals surface area (Å²) in [6, 6.07) is 10.5. The maximum absolute atomic E-state index is 14.6. The third kappa shape index (κ3) is 3.27. The normalized spacial score (nSPS) is 11.9. The fourth-order valence-electron chi connectivity index (χ4n) is 2.29. The number of amidine groups is 1. The van der Waals surface area contributed by atoms with Gasteiger partial charge in [-0.3, -0.25) is 8.96 Å². The molecule has 124 valence electrons. The molecule has 1 heterocycles. The third-order valence-corrected chi connectivity index (χ3v) is 6.00. The van der Waals surface area contributed by atoms with Crippen LogP contribution in [-0.4, -0.2) is 16.9 Å². The molecule has 1 aromatic heterocycles. The minimum Gasteiger partial charge on any atom is -0.453 e. The van der Waals surface area contributed by atoms with Gasteiger partial charge < -0.3 is 10.5 Å². The molecule has 0 unspecified atom stereocenters. The maximum Gasteiger partial charge on any atom is 0.177 e. The van der Waals surface area contributed by atoms with Gasteiger partial charge >= 0.3 is 0 Å². The van der Waals surface area contributed by atoms with E-state index in [0.29, 0.717) is 16.1 Å². The van der Waals surface area contributed by atoms with Crippen molar-refractivity contribution in [1.82, 2.24) is 3.97 Å². The number of hydrogen-bond acceptors (Lipinski definition) is 3. The molecule has 8 heteroatoms. The molecule has 3 aromatic rings. The van der Waals surface area contributed by atoms with E-state index < -0.39 is 5.82 Å². The van der Waals surface area contributed by atoms with E-state index in [1.54, 1.807) is 25.2 Å². The minimum atomic E-state index is -0.442. The molecular formula is C16H12BrFIN3OS. The van der Waals surface area contributed by atoms with E-state index in [9.17, 15) is 4.39 Å². The van der Waals surface area contributed by atoms with Gasteiger partial charge in [0.15, 0.2) is 11.6 Å². The van der Waals surface area contributed by atoms with E-state index in [1.165, 1.54) is 15.2 Å². The second-order valence-electron chi connectivity index (χ2n) is 4.88. The second-order valence-corrected chi connectivity index (χ2v) is 7.39. The molecule has 0 radical (unpaired) electrons. The SMILES string of the molecule is CN=C(N)c1cccc(Oc2c(F)cc3c(ccn3SI)c2Br)c1. The summed E-state index contributed by atoms with van der Waals surface area (Å²) in [6.07, 6.45) is 1.88. The lowest BCUT2D eigenvalue weighted by Crippen LogP contribution is -2.12.